The molecule has 1 aromatic rings. The topological polar surface area (TPSA) is 88.5 Å². The number of aromatic carboxylic acids is 1. The molecule has 0 radical (unpaired) electrons. The maximum absolute atomic E-state index is 11.3. The molecular formula is C11H14N2O4S. The summed E-state index contributed by atoms with van der Waals surface area (Å²) in [4.78, 5) is 26.4. The molecule has 0 aliphatic carbocycles. The highest BCUT2D eigenvalue weighted by molar-refractivity contribution is 7.17. The third-order valence-corrected chi connectivity index (χ3v) is 3.83. The van der Waals surface area contributed by atoms with E-state index in [1.165, 1.54) is 6.92 Å². The van der Waals surface area contributed by atoms with Crippen molar-refractivity contribution < 1.29 is 19.4 Å². The van der Waals surface area contributed by atoms with Gasteiger partial charge in [-0.1, -0.05) is 11.3 Å². The molecule has 6 nitrogen and oxygen atoms in total. The molecule has 0 amide bonds. The number of anilines is 1. The van der Waals surface area contributed by atoms with Crippen LogP contribution in [0.25, 0.3) is 0 Å². The van der Waals surface area contributed by atoms with Crippen molar-refractivity contribution in [2.45, 2.75) is 13.3 Å². The van der Waals surface area contributed by atoms with E-state index in [9.17, 15) is 9.59 Å². The first-order valence-corrected chi connectivity index (χ1v) is 6.46. The summed E-state index contributed by atoms with van der Waals surface area (Å²) in [6, 6.07) is 0. The van der Waals surface area contributed by atoms with Gasteiger partial charge in [-0.2, -0.15) is 0 Å². The maximum atomic E-state index is 11.3. The first kappa shape index (κ1) is 13.0. The van der Waals surface area contributed by atoms with Crippen LogP contribution in [0.5, 0.6) is 0 Å². The van der Waals surface area contributed by atoms with Crippen molar-refractivity contribution >= 4 is 28.2 Å². The number of aromatic nitrogens is 1. The largest absolute Gasteiger partial charge is 0.476 e. The molecule has 1 aliphatic heterocycles. The fourth-order valence-electron chi connectivity index (χ4n) is 1.76. The smallest absolute Gasteiger partial charge is 0.356 e. The number of nitrogens with zero attached hydrogens (tertiary/aromatic N) is 1. The Hall–Kier alpha value is -1.47. The van der Waals surface area contributed by atoms with Gasteiger partial charge in [-0.25, -0.2) is 9.78 Å². The fourth-order valence-corrected chi connectivity index (χ4v) is 2.61. The van der Waals surface area contributed by atoms with E-state index >= 15 is 0 Å². The molecule has 1 aliphatic rings. The van der Waals surface area contributed by atoms with Crippen LogP contribution < -0.4 is 5.32 Å². The van der Waals surface area contributed by atoms with E-state index in [0.717, 1.165) is 24.4 Å². The summed E-state index contributed by atoms with van der Waals surface area (Å²) in [6.45, 7) is 3.51. The Labute approximate surface area is 108 Å². The Morgan fingerprint density at radius 2 is 2.39 bits per heavy atom. The van der Waals surface area contributed by atoms with E-state index in [2.05, 4.69) is 10.3 Å². The van der Waals surface area contributed by atoms with Gasteiger partial charge < -0.3 is 15.2 Å². The second-order valence-electron chi connectivity index (χ2n) is 4.17. The summed E-state index contributed by atoms with van der Waals surface area (Å²) in [5.74, 6) is -1.03. The van der Waals surface area contributed by atoms with Gasteiger partial charge in [0, 0.05) is 26.0 Å². The molecule has 1 saturated heterocycles. The summed E-state index contributed by atoms with van der Waals surface area (Å²) in [7, 11) is 0. The van der Waals surface area contributed by atoms with Crippen LogP contribution in [0.2, 0.25) is 0 Å². The van der Waals surface area contributed by atoms with Gasteiger partial charge in [0.25, 0.3) is 0 Å². The third kappa shape index (κ3) is 2.85. The van der Waals surface area contributed by atoms with Crippen molar-refractivity contribution in [1.29, 1.82) is 0 Å². The van der Waals surface area contributed by atoms with Crippen molar-refractivity contribution in [1.82, 2.24) is 4.98 Å². The van der Waals surface area contributed by atoms with Crippen molar-refractivity contribution in [3.8, 4) is 0 Å². The molecule has 2 rings (SSSR count). The number of carboxylic acids is 1. The third-order valence-electron chi connectivity index (χ3n) is 2.72. The summed E-state index contributed by atoms with van der Waals surface area (Å²) in [6.07, 6.45) is 0.990. The van der Waals surface area contributed by atoms with Crippen LogP contribution in [0, 0.1) is 5.92 Å². The molecular weight excluding hydrogens is 256 g/mol. The van der Waals surface area contributed by atoms with Crippen LogP contribution in [0.1, 0.15) is 33.5 Å². The zero-order valence-corrected chi connectivity index (χ0v) is 10.7. The SMILES string of the molecule is CC(=O)c1sc(NCC2CCOC2)nc1C(=O)O. The zero-order chi connectivity index (χ0) is 13.1. The number of carbonyl (C=O) groups is 2. The van der Waals surface area contributed by atoms with Crippen LogP contribution in [0.4, 0.5) is 5.13 Å². The highest BCUT2D eigenvalue weighted by atomic mass is 32.1. The van der Waals surface area contributed by atoms with Gasteiger partial charge in [0.1, 0.15) is 4.88 Å². The minimum absolute atomic E-state index is 0.169. The Morgan fingerprint density at radius 3 is 2.89 bits per heavy atom. The van der Waals surface area contributed by atoms with E-state index in [-0.39, 0.29) is 16.4 Å². The zero-order valence-electron chi connectivity index (χ0n) is 9.93. The Morgan fingerprint density at radius 1 is 1.61 bits per heavy atom. The van der Waals surface area contributed by atoms with E-state index < -0.39 is 5.97 Å². The van der Waals surface area contributed by atoms with E-state index in [1.807, 2.05) is 0 Å². The van der Waals surface area contributed by atoms with Gasteiger partial charge >= 0.3 is 5.97 Å². The second kappa shape index (κ2) is 5.45. The van der Waals surface area contributed by atoms with E-state index in [1.54, 1.807) is 0 Å². The van der Waals surface area contributed by atoms with Crippen molar-refractivity contribution in [3.05, 3.63) is 10.6 Å². The molecule has 2 N–H and O–H groups in total. The van der Waals surface area contributed by atoms with Gasteiger partial charge in [0.2, 0.25) is 0 Å². The predicted octanol–water partition coefficient (Wildman–Crippen LogP) is 1.49. The van der Waals surface area contributed by atoms with Gasteiger partial charge in [-0.15, -0.1) is 0 Å². The first-order chi connectivity index (χ1) is 8.58. The Balaban J connectivity index is 2.06. The quantitative estimate of drug-likeness (QED) is 0.788. The number of hydrogen-bond donors (Lipinski definition) is 2. The number of nitrogens with one attached hydrogen (secondary N) is 1. The average molecular weight is 270 g/mol. The van der Waals surface area contributed by atoms with Crippen LogP contribution in [0.15, 0.2) is 0 Å². The number of ether oxygens (including phenoxy) is 1. The van der Waals surface area contributed by atoms with E-state index in [0.29, 0.717) is 24.2 Å². The minimum atomic E-state index is -1.17. The lowest BCUT2D eigenvalue weighted by atomic mass is 10.1. The monoisotopic (exact) mass is 270 g/mol. The molecule has 1 aromatic heterocycles. The number of carbonyl (C=O) groups excluding carboxylic acids is 1. The van der Waals surface area contributed by atoms with Gasteiger partial charge in [0.15, 0.2) is 16.6 Å². The summed E-state index contributed by atoms with van der Waals surface area (Å²) >= 11 is 1.09. The normalized spacial score (nSPS) is 18.8. The highest BCUT2D eigenvalue weighted by Crippen LogP contribution is 2.24. The molecule has 7 heteroatoms. The maximum Gasteiger partial charge on any atom is 0.356 e. The number of thiazole rings is 1. The number of rotatable bonds is 5. The molecule has 2 heterocycles. The fraction of sp³-hybridized carbons (Fsp3) is 0.545. The van der Waals surface area contributed by atoms with Crippen LogP contribution in [-0.2, 0) is 4.74 Å². The highest BCUT2D eigenvalue weighted by Gasteiger charge is 2.21. The number of Topliss-reactive ketones (excluding diaryl/α,β-unsaturated/α-hetero) is 1. The lowest BCUT2D eigenvalue weighted by Crippen LogP contribution is -2.14. The molecule has 1 atom stereocenters. The second-order valence-corrected chi connectivity index (χ2v) is 5.17. The minimum Gasteiger partial charge on any atom is -0.476 e. The molecule has 98 valence electrons. The van der Waals surface area contributed by atoms with Crippen LogP contribution >= 0.6 is 11.3 Å². The predicted molar refractivity (Wildman–Crippen MR) is 66.5 cm³/mol. The lowest BCUT2D eigenvalue weighted by molar-refractivity contribution is 0.0687. The van der Waals surface area contributed by atoms with Crippen molar-refractivity contribution in [2.75, 3.05) is 25.1 Å². The summed E-state index contributed by atoms with van der Waals surface area (Å²) in [5, 5.41) is 12.5. The summed E-state index contributed by atoms with van der Waals surface area (Å²) < 4.78 is 5.25. The molecule has 0 aromatic carbocycles. The first-order valence-electron chi connectivity index (χ1n) is 5.64. The number of ketones is 1. The molecule has 0 spiro atoms. The molecule has 1 fully saturated rings. The number of carboxylic acid groups (broad SMARTS) is 1. The van der Waals surface area contributed by atoms with Crippen LogP contribution in [-0.4, -0.2) is 41.6 Å². The molecule has 0 saturated carbocycles. The van der Waals surface area contributed by atoms with Gasteiger partial charge in [-0.3, -0.25) is 4.79 Å². The standard InChI is InChI=1S/C11H14N2O4S/c1-6(14)9-8(10(15)16)13-11(18-9)12-4-7-2-3-17-5-7/h7H,2-5H2,1H3,(H,12,13)(H,15,16). The number of hydrogen-bond acceptors (Lipinski definition) is 6. The van der Waals surface area contributed by atoms with Crippen molar-refractivity contribution in [2.24, 2.45) is 5.92 Å². The molecule has 18 heavy (non-hydrogen) atoms. The van der Waals surface area contributed by atoms with E-state index in [4.69, 9.17) is 9.84 Å². The van der Waals surface area contributed by atoms with Gasteiger partial charge in [-0.05, 0) is 6.42 Å². The summed E-state index contributed by atoms with van der Waals surface area (Å²) in [5.41, 5.74) is -0.169. The molecule has 0 bridgehead atoms. The lowest BCUT2D eigenvalue weighted by Gasteiger charge is -2.07. The van der Waals surface area contributed by atoms with Crippen molar-refractivity contribution in [3.63, 3.8) is 0 Å². The molecule has 1 unspecified atom stereocenters. The van der Waals surface area contributed by atoms with Gasteiger partial charge in [0.05, 0.1) is 6.61 Å². The Kier molecular flexibility index (Phi) is 3.93. The van der Waals surface area contributed by atoms with Crippen LogP contribution in [0.3, 0.4) is 0 Å². The average Bonchev–Trinajstić information content (AvgIpc) is 2.95. The Bertz CT molecular complexity index is 434.